The number of hydrogen-bond donors (Lipinski definition) is 3. The van der Waals surface area contributed by atoms with Crippen molar-refractivity contribution >= 4 is 23.3 Å². The van der Waals surface area contributed by atoms with E-state index in [1.807, 2.05) is 17.5 Å². The van der Waals surface area contributed by atoms with Crippen molar-refractivity contribution in [2.75, 3.05) is 0 Å². The van der Waals surface area contributed by atoms with E-state index in [9.17, 15) is 9.59 Å². The standard InChI is InChI=1S/C10H12N2S.C4H4O4/c1-2-10-8(3-4-13-10)5-9-6-11-7-12-9;5-3(6)1-2-4(7)8/h3-4,6-7H,2,5H2,1H3,(H,11,12);1-2H,(H,5,6)(H,7,8). The number of H-pyrrole nitrogens is 1. The van der Waals surface area contributed by atoms with Crippen LogP contribution in [0.5, 0.6) is 0 Å². The first-order valence-corrected chi connectivity index (χ1v) is 7.07. The Hall–Kier alpha value is -2.41. The van der Waals surface area contributed by atoms with Crippen molar-refractivity contribution in [1.82, 2.24) is 9.97 Å². The number of imidazole rings is 1. The van der Waals surface area contributed by atoms with E-state index < -0.39 is 11.9 Å². The number of rotatable bonds is 5. The number of hydrogen-bond acceptors (Lipinski definition) is 4. The van der Waals surface area contributed by atoms with E-state index in [2.05, 4.69) is 28.3 Å². The number of nitrogens with zero attached hydrogens (tertiary/aromatic N) is 1. The minimum absolute atomic E-state index is 0.558. The fraction of sp³-hybridized carbons (Fsp3) is 0.214. The van der Waals surface area contributed by atoms with Crippen LogP contribution in [0.2, 0.25) is 0 Å². The average Bonchev–Trinajstić information content (AvgIpc) is 3.09. The Morgan fingerprint density at radius 3 is 2.48 bits per heavy atom. The van der Waals surface area contributed by atoms with Gasteiger partial charge in [0.05, 0.1) is 12.0 Å². The third-order valence-electron chi connectivity index (χ3n) is 2.45. The van der Waals surface area contributed by atoms with Crippen molar-refractivity contribution in [1.29, 1.82) is 0 Å². The molecule has 0 radical (unpaired) electrons. The lowest BCUT2D eigenvalue weighted by atomic mass is 10.1. The normalized spacial score (nSPS) is 10.1. The predicted molar refractivity (Wildman–Crippen MR) is 79.5 cm³/mol. The molecule has 0 aliphatic carbocycles. The van der Waals surface area contributed by atoms with E-state index in [4.69, 9.17) is 10.2 Å². The van der Waals surface area contributed by atoms with Crippen molar-refractivity contribution in [3.8, 4) is 0 Å². The van der Waals surface area contributed by atoms with Gasteiger partial charge in [-0.05, 0) is 23.4 Å². The summed E-state index contributed by atoms with van der Waals surface area (Å²) < 4.78 is 0. The Kier molecular flexibility index (Phi) is 6.90. The number of carboxylic acids is 2. The Labute approximate surface area is 125 Å². The van der Waals surface area contributed by atoms with Gasteiger partial charge >= 0.3 is 11.9 Å². The molecule has 0 fully saturated rings. The number of aromatic amines is 1. The third-order valence-corrected chi connectivity index (χ3v) is 3.56. The molecular formula is C14H16N2O4S. The van der Waals surface area contributed by atoms with Gasteiger partial charge in [0.2, 0.25) is 0 Å². The van der Waals surface area contributed by atoms with Gasteiger partial charge in [-0.3, -0.25) is 0 Å². The Balaban J connectivity index is 0.000000240. The van der Waals surface area contributed by atoms with Crippen LogP contribution in [-0.2, 0) is 22.4 Å². The van der Waals surface area contributed by atoms with E-state index in [0.29, 0.717) is 12.2 Å². The summed E-state index contributed by atoms with van der Waals surface area (Å²) in [6.45, 7) is 2.19. The highest BCUT2D eigenvalue weighted by Crippen LogP contribution is 2.19. The Morgan fingerprint density at radius 2 is 2.00 bits per heavy atom. The van der Waals surface area contributed by atoms with Gasteiger partial charge < -0.3 is 15.2 Å². The summed E-state index contributed by atoms with van der Waals surface area (Å²) in [4.78, 5) is 27.8. The number of aryl methyl sites for hydroxylation is 1. The van der Waals surface area contributed by atoms with Gasteiger partial charge in [0, 0.05) is 29.6 Å². The number of carbonyl (C=O) groups is 2. The van der Waals surface area contributed by atoms with Crippen LogP contribution >= 0.6 is 11.3 Å². The van der Waals surface area contributed by atoms with Crippen molar-refractivity contribution in [2.45, 2.75) is 19.8 Å². The van der Waals surface area contributed by atoms with Crippen molar-refractivity contribution < 1.29 is 19.8 Å². The first-order valence-electron chi connectivity index (χ1n) is 6.19. The van der Waals surface area contributed by atoms with Crippen LogP contribution in [-0.4, -0.2) is 32.1 Å². The van der Waals surface area contributed by atoms with E-state index in [0.717, 1.165) is 18.5 Å². The number of aliphatic carboxylic acids is 2. The fourth-order valence-electron chi connectivity index (χ4n) is 1.56. The molecule has 0 aliphatic heterocycles. The highest BCUT2D eigenvalue weighted by molar-refractivity contribution is 7.10. The van der Waals surface area contributed by atoms with Crippen LogP contribution in [0.3, 0.4) is 0 Å². The number of aromatic nitrogens is 2. The second kappa shape index (κ2) is 8.70. The van der Waals surface area contributed by atoms with E-state index in [1.165, 1.54) is 10.4 Å². The summed E-state index contributed by atoms with van der Waals surface area (Å²) in [6.07, 6.45) is 6.88. The van der Waals surface area contributed by atoms with Gasteiger partial charge in [-0.2, -0.15) is 0 Å². The molecule has 0 amide bonds. The largest absolute Gasteiger partial charge is 0.478 e. The summed E-state index contributed by atoms with van der Waals surface area (Å²) in [5, 5.41) is 17.8. The Bertz CT molecular complexity index is 586. The van der Waals surface area contributed by atoms with Crippen LogP contribution in [0.25, 0.3) is 0 Å². The zero-order valence-corrected chi connectivity index (χ0v) is 12.3. The molecule has 0 unspecified atom stereocenters. The van der Waals surface area contributed by atoms with Crippen LogP contribution in [0.4, 0.5) is 0 Å². The molecule has 0 saturated carbocycles. The first-order chi connectivity index (χ1) is 10.0. The summed E-state index contributed by atoms with van der Waals surface area (Å²) in [5.41, 5.74) is 2.53. The minimum atomic E-state index is -1.26. The summed E-state index contributed by atoms with van der Waals surface area (Å²) in [7, 11) is 0. The van der Waals surface area contributed by atoms with Crippen molar-refractivity contribution in [3.05, 3.63) is 52.3 Å². The number of thiophene rings is 1. The molecule has 7 heteroatoms. The lowest BCUT2D eigenvalue weighted by Crippen LogP contribution is -1.91. The average molecular weight is 308 g/mol. The SMILES string of the molecule is CCc1sccc1Cc1c[nH]cn1.O=C(O)C=CC(=O)O. The molecule has 0 spiro atoms. The second-order valence-corrected chi connectivity index (χ2v) is 4.97. The van der Waals surface area contributed by atoms with Crippen molar-refractivity contribution in [3.63, 3.8) is 0 Å². The second-order valence-electron chi connectivity index (χ2n) is 3.97. The van der Waals surface area contributed by atoms with Gasteiger partial charge in [-0.15, -0.1) is 11.3 Å². The fourth-order valence-corrected chi connectivity index (χ4v) is 2.41. The predicted octanol–water partition coefficient (Wildman–Crippen LogP) is 2.34. The molecule has 112 valence electrons. The molecule has 0 saturated heterocycles. The smallest absolute Gasteiger partial charge is 0.328 e. The summed E-state index contributed by atoms with van der Waals surface area (Å²) in [6, 6.07) is 2.19. The molecule has 0 aromatic carbocycles. The Morgan fingerprint density at radius 1 is 1.33 bits per heavy atom. The van der Waals surface area contributed by atoms with Gasteiger partial charge in [0.25, 0.3) is 0 Å². The quantitative estimate of drug-likeness (QED) is 0.736. The number of carboxylic acid groups (broad SMARTS) is 2. The van der Waals surface area contributed by atoms with Crippen LogP contribution < -0.4 is 0 Å². The van der Waals surface area contributed by atoms with Gasteiger partial charge in [-0.25, -0.2) is 14.6 Å². The zero-order valence-electron chi connectivity index (χ0n) is 11.4. The molecule has 0 bridgehead atoms. The molecule has 6 nitrogen and oxygen atoms in total. The van der Waals surface area contributed by atoms with Crippen LogP contribution in [0.1, 0.15) is 23.1 Å². The minimum Gasteiger partial charge on any atom is -0.478 e. The molecule has 21 heavy (non-hydrogen) atoms. The molecular weight excluding hydrogens is 292 g/mol. The zero-order chi connectivity index (χ0) is 15.7. The maximum atomic E-state index is 9.55. The molecule has 0 atom stereocenters. The van der Waals surface area contributed by atoms with Crippen LogP contribution in [0.15, 0.2) is 36.1 Å². The lowest BCUT2D eigenvalue weighted by molar-refractivity contribution is -0.134. The monoisotopic (exact) mass is 308 g/mol. The maximum Gasteiger partial charge on any atom is 0.328 e. The third kappa shape index (κ3) is 6.53. The van der Waals surface area contributed by atoms with Crippen LogP contribution in [0, 0.1) is 0 Å². The molecule has 2 rings (SSSR count). The van der Waals surface area contributed by atoms with Crippen molar-refractivity contribution in [2.24, 2.45) is 0 Å². The molecule has 3 N–H and O–H groups in total. The van der Waals surface area contributed by atoms with E-state index in [-0.39, 0.29) is 0 Å². The molecule has 0 aliphatic rings. The highest BCUT2D eigenvalue weighted by atomic mass is 32.1. The van der Waals surface area contributed by atoms with Gasteiger partial charge in [0.1, 0.15) is 0 Å². The van der Waals surface area contributed by atoms with Gasteiger partial charge in [-0.1, -0.05) is 6.92 Å². The first kappa shape index (κ1) is 16.6. The maximum absolute atomic E-state index is 9.55. The molecule has 2 aromatic heterocycles. The highest BCUT2D eigenvalue weighted by Gasteiger charge is 2.03. The van der Waals surface area contributed by atoms with E-state index in [1.54, 1.807) is 6.33 Å². The topological polar surface area (TPSA) is 103 Å². The summed E-state index contributed by atoms with van der Waals surface area (Å²) >= 11 is 1.83. The molecule has 2 aromatic rings. The number of nitrogens with one attached hydrogen (secondary N) is 1. The van der Waals surface area contributed by atoms with E-state index >= 15 is 0 Å². The molecule has 2 heterocycles. The summed E-state index contributed by atoms with van der Waals surface area (Å²) in [5.74, 6) is -2.51. The lowest BCUT2D eigenvalue weighted by Gasteiger charge is -1.97. The van der Waals surface area contributed by atoms with Gasteiger partial charge in [0.15, 0.2) is 0 Å².